The lowest BCUT2D eigenvalue weighted by Gasteiger charge is -2.07. The number of rotatable bonds is 4. The van der Waals surface area contributed by atoms with Gasteiger partial charge in [-0.15, -0.1) is 0 Å². The van der Waals surface area contributed by atoms with E-state index in [0.29, 0.717) is 5.82 Å². The normalized spacial score (nSPS) is 11.3. The van der Waals surface area contributed by atoms with Crippen molar-refractivity contribution < 1.29 is 0 Å². The van der Waals surface area contributed by atoms with Gasteiger partial charge >= 0.3 is 0 Å². The highest BCUT2D eigenvalue weighted by Gasteiger charge is 2.17. The van der Waals surface area contributed by atoms with Gasteiger partial charge in [-0.3, -0.25) is 15.1 Å². The summed E-state index contributed by atoms with van der Waals surface area (Å²) in [5, 5.41) is 11.6. The summed E-state index contributed by atoms with van der Waals surface area (Å²) in [7, 11) is 1.88. The number of benzene rings is 1. The van der Waals surface area contributed by atoms with E-state index in [1.165, 1.54) is 0 Å². The van der Waals surface area contributed by atoms with Crippen molar-refractivity contribution >= 4 is 27.8 Å². The molecule has 0 aliphatic carbocycles. The van der Waals surface area contributed by atoms with E-state index >= 15 is 0 Å². The lowest BCUT2D eigenvalue weighted by atomic mass is 10.0. The molecular weight excluding hydrogens is 412 g/mol. The Morgan fingerprint density at radius 1 is 0.879 bits per heavy atom. The Morgan fingerprint density at radius 3 is 2.64 bits per heavy atom. The van der Waals surface area contributed by atoms with Crippen molar-refractivity contribution in [3.8, 4) is 33.8 Å². The number of hydrogen-bond donors (Lipinski definition) is 3. The van der Waals surface area contributed by atoms with Crippen LogP contribution < -0.4 is 5.32 Å². The fraction of sp³-hybridized carbons (Fsp3) is 0.0800. The first-order valence-corrected chi connectivity index (χ1v) is 10.6. The van der Waals surface area contributed by atoms with E-state index in [4.69, 9.17) is 9.97 Å². The van der Waals surface area contributed by atoms with E-state index in [1.54, 1.807) is 12.4 Å². The third kappa shape index (κ3) is 3.20. The summed E-state index contributed by atoms with van der Waals surface area (Å²) in [6.45, 7) is 1.99. The predicted octanol–water partition coefficient (Wildman–Crippen LogP) is 4.98. The second-order valence-electron chi connectivity index (χ2n) is 7.83. The molecule has 5 aromatic heterocycles. The lowest BCUT2D eigenvalue weighted by molar-refractivity contribution is 1.08. The Morgan fingerprint density at radius 2 is 1.79 bits per heavy atom. The Hall–Kier alpha value is -4.59. The molecule has 0 radical (unpaired) electrons. The summed E-state index contributed by atoms with van der Waals surface area (Å²) >= 11 is 0. The Balaban J connectivity index is 1.52. The van der Waals surface area contributed by atoms with Crippen molar-refractivity contribution in [3.63, 3.8) is 0 Å². The van der Waals surface area contributed by atoms with Gasteiger partial charge in [-0.1, -0.05) is 18.2 Å². The molecule has 0 bridgehead atoms. The summed E-state index contributed by atoms with van der Waals surface area (Å²) in [5.74, 6) is 0.686. The highest BCUT2D eigenvalue weighted by Crippen LogP contribution is 2.33. The quantitative estimate of drug-likeness (QED) is 0.363. The number of para-hydroxylation sites is 1. The van der Waals surface area contributed by atoms with E-state index in [1.807, 2.05) is 50.6 Å². The monoisotopic (exact) mass is 432 g/mol. The van der Waals surface area contributed by atoms with Gasteiger partial charge in [0.15, 0.2) is 11.5 Å². The first kappa shape index (κ1) is 19.1. The number of anilines is 1. The third-order valence-corrected chi connectivity index (χ3v) is 5.79. The van der Waals surface area contributed by atoms with Crippen LogP contribution in [0.15, 0.2) is 67.3 Å². The molecule has 6 rings (SSSR count). The van der Waals surface area contributed by atoms with Gasteiger partial charge in [0.25, 0.3) is 0 Å². The Kier molecular flexibility index (Phi) is 4.36. The van der Waals surface area contributed by atoms with Crippen LogP contribution in [0.4, 0.5) is 5.69 Å². The number of aromatic nitrogens is 7. The summed E-state index contributed by atoms with van der Waals surface area (Å²) < 4.78 is 0. The molecule has 0 spiro atoms. The third-order valence-electron chi connectivity index (χ3n) is 5.79. The smallest absolute Gasteiger partial charge is 0.159 e. The average Bonchev–Trinajstić information content (AvgIpc) is 3.47. The molecule has 160 valence electrons. The number of aromatic amines is 2. The molecule has 0 saturated carbocycles. The van der Waals surface area contributed by atoms with Crippen LogP contribution >= 0.6 is 0 Å². The molecule has 8 heteroatoms. The minimum Gasteiger partial charge on any atom is -0.387 e. The molecule has 0 unspecified atom stereocenters. The standard InChI is InChI=1S/C25H20N8/c1-14-19(16-9-17(26-2)13-28-12-16)10-20-23(32-33-24(20)29-14)25-30-21-7-3-6-18(22(21)31-25)15-5-4-8-27-11-15/h3-13,26H,1-2H3,(H,30,31)(H,29,32,33). The minimum atomic E-state index is 0.686. The number of nitrogens with one attached hydrogen (secondary N) is 3. The van der Waals surface area contributed by atoms with Crippen molar-refractivity contribution in [2.75, 3.05) is 12.4 Å². The predicted molar refractivity (Wildman–Crippen MR) is 130 cm³/mol. The van der Waals surface area contributed by atoms with E-state index in [0.717, 1.165) is 61.4 Å². The molecule has 0 fully saturated rings. The van der Waals surface area contributed by atoms with Crippen molar-refractivity contribution in [1.29, 1.82) is 0 Å². The topological polar surface area (TPSA) is 108 Å². The maximum Gasteiger partial charge on any atom is 0.159 e. The SMILES string of the molecule is CNc1cncc(-c2cc3c(-c4nc5c(-c6cccnc6)cccc5[nH]4)n[nH]c3nc2C)c1. The van der Waals surface area contributed by atoms with Crippen molar-refractivity contribution in [1.82, 2.24) is 35.1 Å². The number of H-pyrrole nitrogens is 2. The first-order valence-electron chi connectivity index (χ1n) is 10.6. The van der Waals surface area contributed by atoms with Crippen LogP contribution in [0.2, 0.25) is 0 Å². The molecule has 5 heterocycles. The maximum atomic E-state index is 4.92. The van der Waals surface area contributed by atoms with E-state index in [-0.39, 0.29) is 0 Å². The molecule has 8 nitrogen and oxygen atoms in total. The lowest BCUT2D eigenvalue weighted by Crippen LogP contribution is -1.93. The van der Waals surface area contributed by atoms with Gasteiger partial charge in [0.1, 0.15) is 5.69 Å². The van der Waals surface area contributed by atoms with E-state index in [9.17, 15) is 0 Å². The number of pyridine rings is 3. The van der Waals surface area contributed by atoms with E-state index < -0.39 is 0 Å². The van der Waals surface area contributed by atoms with Crippen molar-refractivity contribution in [3.05, 3.63) is 72.9 Å². The fourth-order valence-electron chi connectivity index (χ4n) is 4.14. The number of fused-ring (bicyclic) bond motifs is 2. The average molecular weight is 432 g/mol. The molecule has 33 heavy (non-hydrogen) atoms. The summed E-state index contributed by atoms with van der Waals surface area (Å²) in [5.41, 5.74) is 9.14. The summed E-state index contributed by atoms with van der Waals surface area (Å²) in [6.07, 6.45) is 7.25. The van der Waals surface area contributed by atoms with Gasteiger partial charge < -0.3 is 10.3 Å². The molecule has 0 atom stereocenters. The molecule has 1 aromatic carbocycles. The number of imidazole rings is 1. The highest BCUT2D eigenvalue weighted by molar-refractivity contribution is 5.97. The van der Waals surface area contributed by atoms with Crippen LogP contribution in [0.25, 0.3) is 55.8 Å². The first-order chi connectivity index (χ1) is 16.2. The van der Waals surface area contributed by atoms with Gasteiger partial charge in [0.05, 0.1) is 22.1 Å². The second kappa shape index (κ2) is 7.52. The van der Waals surface area contributed by atoms with Gasteiger partial charge in [0.2, 0.25) is 0 Å². The number of hydrogen-bond acceptors (Lipinski definition) is 6. The summed E-state index contributed by atoms with van der Waals surface area (Å²) in [4.78, 5) is 21.7. The van der Waals surface area contributed by atoms with Crippen LogP contribution in [-0.4, -0.2) is 42.2 Å². The number of aryl methyl sites for hydroxylation is 1. The zero-order valence-electron chi connectivity index (χ0n) is 18.1. The molecular formula is C25H20N8. The molecule has 0 aliphatic heterocycles. The van der Waals surface area contributed by atoms with Crippen LogP contribution in [0, 0.1) is 6.92 Å². The molecule has 6 aromatic rings. The Labute approximate surface area is 189 Å². The fourth-order valence-corrected chi connectivity index (χ4v) is 4.14. The van der Waals surface area contributed by atoms with Crippen LogP contribution in [-0.2, 0) is 0 Å². The largest absolute Gasteiger partial charge is 0.387 e. The van der Waals surface area contributed by atoms with Crippen LogP contribution in [0.3, 0.4) is 0 Å². The Bertz CT molecular complexity index is 1610. The number of nitrogens with zero attached hydrogens (tertiary/aromatic N) is 5. The zero-order valence-corrected chi connectivity index (χ0v) is 18.1. The maximum absolute atomic E-state index is 4.92. The van der Waals surface area contributed by atoms with E-state index in [2.05, 4.69) is 48.7 Å². The second-order valence-corrected chi connectivity index (χ2v) is 7.83. The molecule has 0 amide bonds. The zero-order chi connectivity index (χ0) is 22.4. The minimum absolute atomic E-state index is 0.686. The van der Waals surface area contributed by atoms with Crippen LogP contribution in [0.1, 0.15) is 5.69 Å². The van der Waals surface area contributed by atoms with Gasteiger partial charge in [-0.05, 0) is 31.2 Å². The van der Waals surface area contributed by atoms with Crippen LogP contribution in [0.5, 0.6) is 0 Å². The molecule has 0 aliphatic rings. The van der Waals surface area contributed by atoms with Gasteiger partial charge in [-0.25, -0.2) is 9.97 Å². The molecule has 3 N–H and O–H groups in total. The van der Waals surface area contributed by atoms with Gasteiger partial charge in [-0.2, -0.15) is 5.10 Å². The summed E-state index contributed by atoms with van der Waals surface area (Å²) in [6, 6.07) is 14.2. The van der Waals surface area contributed by atoms with Gasteiger partial charge in [0, 0.05) is 59.8 Å². The highest BCUT2D eigenvalue weighted by atomic mass is 15.2. The van der Waals surface area contributed by atoms with Crippen molar-refractivity contribution in [2.24, 2.45) is 0 Å². The van der Waals surface area contributed by atoms with Crippen molar-refractivity contribution in [2.45, 2.75) is 6.92 Å². The molecule has 0 saturated heterocycles.